The minimum atomic E-state index is -0.525. The number of hydrogen-bond acceptors (Lipinski definition) is 6. The number of anilines is 1. The molecule has 21 heavy (non-hydrogen) atoms. The lowest BCUT2D eigenvalue weighted by Crippen LogP contribution is -2.28. The molecule has 1 heterocycles. The predicted molar refractivity (Wildman–Crippen MR) is 80.0 cm³/mol. The van der Waals surface area contributed by atoms with E-state index >= 15 is 0 Å². The maximum atomic E-state index is 6.01. The highest BCUT2D eigenvalue weighted by Gasteiger charge is 2.34. The molecule has 0 aliphatic rings. The van der Waals surface area contributed by atoms with Crippen LogP contribution in [0.3, 0.4) is 0 Å². The lowest BCUT2D eigenvalue weighted by atomic mass is 9.96. The molecule has 0 unspecified atom stereocenters. The van der Waals surface area contributed by atoms with Crippen LogP contribution in [-0.4, -0.2) is 24.4 Å². The molecule has 1 aromatic carbocycles. The first-order valence-corrected chi connectivity index (χ1v) is 6.93. The Balaban J connectivity index is 2.40. The van der Waals surface area contributed by atoms with Crippen molar-refractivity contribution >= 4 is 5.69 Å². The predicted octanol–water partition coefficient (Wildman–Crippen LogP) is 2.99. The summed E-state index contributed by atoms with van der Waals surface area (Å²) in [6.45, 7) is 4.07. The number of hydrogen-bond donors (Lipinski definition) is 1. The minimum absolute atomic E-state index is 0.383. The summed E-state index contributed by atoms with van der Waals surface area (Å²) in [5.74, 6) is 1.61. The fourth-order valence-electron chi connectivity index (χ4n) is 2.33. The van der Waals surface area contributed by atoms with Gasteiger partial charge >= 0.3 is 0 Å². The molecule has 0 atom stereocenters. The molecule has 0 amide bonds. The standard InChI is InChI=1S/C15H21N3O3/c1-5-15(6-2,20-4)14-17-13(21-18-14)11-8-7-10(19-3)9-12(11)16/h7-9H,5-6,16H2,1-4H3. The molecular formula is C15H21N3O3. The molecule has 2 aromatic rings. The Morgan fingerprint density at radius 2 is 1.95 bits per heavy atom. The number of nitrogens with zero attached hydrogens (tertiary/aromatic N) is 2. The van der Waals surface area contributed by atoms with Gasteiger partial charge < -0.3 is 19.7 Å². The zero-order valence-electron chi connectivity index (χ0n) is 12.8. The van der Waals surface area contributed by atoms with Gasteiger partial charge in [0, 0.05) is 18.9 Å². The third-order valence-electron chi connectivity index (χ3n) is 3.86. The summed E-state index contributed by atoms with van der Waals surface area (Å²) >= 11 is 0. The van der Waals surface area contributed by atoms with Crippen LogP contribution in [0.2, 0.25) is 0 Å². The molecule has 0 saturated heterocycles. The largest absolute Gasteiger partial charge is 0.497 e. The lowest BCUT2D eigenvalue weighted by molar-refractivity contribution is -0.0306. The van der Waals surface area contributed by atoms with Crippen LogP contribution in [0.1, 0.15) is 32.5 Å². The molecule has 2 rings (SSSR count). The minimum Gasteiger partial charge on any atom is -0.497 e. The summed E-state index contributed by atoms with van der Waals surface area (Å²) in [5.41, 5.74) is 6.70. The van der Waals surface area contributed by atoms with Gasteiger partial charge in [-0.2, -0.15) is 4.98 Å². The van der Waals surface area contributed by atoms with Gasteiger partial charge in [-0.3, -0.25) is 0 Å². The van der Waals surface area contributed by atoms with Gasteiger partial charge in [0.15, 0.2) is 0 Å². The second-order valence-electron chi connectivity index (χ2n) is 4.78. The number of aromatic nitrogens is 2. The van der Waals surface area contributed by atoms with Crippen LogP contribution in [0.5, 0.6) is 5.75 Å². The number of nitrogens with two attached hydrogens (primary N) is 1. The van der Waals surface area contributed by atoms with E-state index in [1.54, 1.807) is 32.4 Å². The summed E-state index contributed by atoms with van der Waals surface area (Å²) in [5, 5.41) is 4.06. The molecule has 0 spiro atoms. The van der Waals surface area contributed by atoms with E-state index in [2.05, 4.69) is 10.1 Å². The summed E-state index contributed by atoms with van der Waals surface area (Å²) < 4.78 is 16.1. The van der Waals surface area contributed by atoms with E-state index in [9.17, 15) is 0 Å². The van der Waals surface area contributed by atoms with Gasteiger partial charge in [-0.15, -0.1) is 0 Å². The van der Waals surface area contributed by atoms with E-state index < -0.39 is 5.60 Å². The van der Waals surface area contributed by atoms with E-state index in [0.717, 1.165) is 12.8 Å². The van der Waals surface area contributed by atoms with Gasteiger partial charge in [0.25, 0.3) is 5.89 Å². The van der Waals surface area contributed by atoms with Gasteiger partial charge in [0.1, 0.15) is 11.4 Å². The Hall–Kier alpha value is -2.08. The van der Waals surface area contributed by atoms with Crippen LogP contribution in [0.25, 0.3) is 11.5 Å². The van der Waals surface area contributed by atoms with E-state index in [0.29, 0.717) is 28.7 Å². The molecular weight excluding hydrogens is 270 g/mol. The third-order valence-corrected chi connectivity index (χ3v) is 3.86. The fraction of sp³-hybridized carbons (Fsp3) is 0.467. The highest BCUT2D eigenvalue weighted by Crippen LogP contribution is 2.33. The van der Waals surface area contributed by atoms with Crippen molar-refractivity contribution in [3.05, 3.63) is 24.0 Å². The van der Waals surface area contributed by atoms with Gasteiger partial charge in [-0.1, -0.05) is 19.0 Å². The highest BCUT2D eigenvalue weighted by molar-refractivity contribution is 5.71. The Bertz CT molecular complexity index is 598. The van der Waals surface area contributed by atoms with Gasteiger partial charge in [0.05, 0.1) is 12.7 Å². The highest BCUT2D eigenvalue weighted by atomic mass is 16.5. The topological polar surface area (TPSA) is 83.4 Å². The molecule has 6 heteroatoms. The molecule has 0 saturated carbocycles. The fourth-order valence-corrected chi connectivity index (χ4v) is 2.33. The average molecular weight is 291 g/mol. The first kappa shape index (κ1) is 15.3. The van der Waals surface area contributed by atoms with Gasteiger partial charge in [0.2, 0.25) is 5.82 Å². The summed E-state index contributed by atoms with van der Waals surface area (Å²) in [6.07, 6.45) is 1.52. The van der Waals surface area contributed by atoms with E-state index in [4.69, 9.17) is 19.7 Å². The van der Waals surface area contributed by atoms with Crippen molar-refractivity contribution in [2.45, 2.75) is 32.3 Å². The van der Waals surface area contributed by atoms with Gasteiger partial charge in [-0.05, 0) is 25.0 Å². The number of methoxy groups -OCH3 is 2. The van der Waals surface area contributed by atoms with Crippen LogP contribution >= 0.6 is 0 Å². The Morgan fingerprint density at radius 3 is 2.48 bits per heavy atom. The van der Waals surface area contributed by atoms with Crippen LogP contribution in [0, 0.1) is 0 Å². The Morgan fingerprint density at radius 1 is 1.24 bits per heavy atom. The zero-order valence-corrected chi connectivity index (χ0v) is 12.8. The molecule has 6 nitrogen and oxygen atoms in total. The van der Waals surface area contributed by atoms with Crippen molar-refractivity contribution in [3.8, 4) is 17.2 Å². The molecule has 0 bridgehead atoms. The smallest absolute Gasteiger partial charge is 0.260 e. The zero-order chi connectivity index (χ0) is 15.5. The normalized spacial score (nSPS) is 11.6. The average Bonchev–Trinajstić information content (AvgIpc) is 2.99. The van der Waals surface area contributed by atoms with Crippen LogP contribution in [0.4, 0.5) is 5.69 Å². The van der Waals surface area contributed by atoms with Crippen molar-refractivity contribution in [2.24, 2.45) is 0 Å². The van der Waals surface area contributed by atoms with Crippen molar-refractivity contribution in [1.82, 2.24) is 10.1 Å². The van der Waals surface area contributed by atoms with Crippen molar-refractivity contribution < 1.29 is 14.0 Å². The maximum Gasteiger partial charge on any atom is 0.260 e. The van der Waals surface area contributed by atoms with E-state index in [1.165, 1.54) is 0 Å². The molecule has 0 aliphatic heterocycles. The monoisotopic (exact) mass is 291 g/mol. The molecule has 114 valence electrons. The van der Waals surface area contributed by atoms with Crippen molar-refractivity contribution in [2.75, 3.05) is 20.0 Å². The first-order valence-electron chi connectivity index (χ1n) is 6.93. The maximum absolute atomic E-state index is 6.01. The second kappa shape index (κ2) is 6.13. The lowest BCUT2D eigenvalue weighted by Gasteiger charge is -2.25. The van der Waals surface area contributed by atoms with Crippen molar-refractivity contribution in [1.29, 1.82) is 0 Å². The molecule has 1 aromatic heterocycles. The van der Waals surface area contributed by atoms with Crippen LogP contribution in [0.15, 0.2) is 22.7 Å². The summed E-state index contributed by atoms with van der Waals surface area (Å²) in [7, 11) is 3.25. The molecule has 0 radical (unpaired) electrons. The number of ether oxygens (including phenoxy) is 2. The number of benzene rings is 1. The summed E-state index contributed by atoms with van der Waals surface area (Å²) in [4.78, 5) is 4.46. The Labute approximate surface area is 124 Å². The Kier molecular flexibility index (Phi) is 4.47. The van der Waals surface area contributed by atoms with Gasteiger partial charge in [-0.25, -0.2) is 0 Å². The molecule has 2 N–H and O–H groups in total. The van der Waals surface area contributed by atoms with E-state index in [1.807, 2.05) is 13.8 Å². The second-order valence-corrected chi connectivity index (χ2v) is 4.78. The third kappa shape index (κ3) is 2.71. The molecule has 0 aliphatic carbocycles. The number of nitrogen functional groups attached to an aromatic ring is 1. The van der Waals surface area contributed by atoms with E-state index in [-0.39, 0.29) is 0 Å². The quantitative estimate of drug-likeness (QED) is 0.824. The SMILES string of the molecule is CCC(CC)(OC)c1noc(-c2ccc(OC)cc2N)n1. The van der Waals surface area contributed by atoms with Crippen LogP contribution < -0.4 is 10.5 Å². The summed E-state index contributed by atoms with van der Waals surface area (Å²) in [6, 6.07) is 5.33. The van der Waals surface area contributed by atoms with Crippen LogP contribution in [-0.2, 0) is 10.3 Å². The number of rotatable bonds is 6. The molecule has 0 fully saturated rings. The first-order chi connectivity index (χ1) is 10.1. The van der Waals surface area contributed by atoms with Crippen molar-refractivity contribution in [3.63, 3.8) is 0 Å².